The first-order valence-electron chi connectivity index (χ1n) is 12.3. The molecule has 4 rings (SSSR count). The first-order valence-corrected chi connectivity index (χ1v) is 12.3. The van der Waals surface area contributed by atoms with Crippen molar-refractivity contribution >= 4 is 23.5 Å². The third-order valence-electron chi connectivity index (χ3n) is 6.34. The summed E-state index contributed by atoms with van der Waals surface area (Å²) in [5, 5.41) is 9.52. The second-order valence-corrected chi connectivity index (χ2v) is 9.28. The molecular weight excluding hydrogens is 460 g/mol. The molecule has 0 unspecified atom stereocenters. The van der Waals surface area contributed by atoms with Crippen LogP contribution in [-0.2, 0) is 20.9 Å². The molecular formula is C27H32N4O5. The Kier molecular flexibility index (Phi) is 8.20. The quantitative estimate of drug-likeness (QED) is 0.432. The number of rotatable bonds is 10. The minimum atomic E-state index is -0.856. The Balaban J connectivity index is 1.55. The van der Waals surface area contributed by atoms with Gasteiger partial charge < -0.3 is 24.5 Å². The summed E-state index contributed by atoms with van der Waals surface area (Å²) in [6.45, 7) is 3.80. The second-order valence-electron chi connectivity index (χ2n) is 9.28. The number of hydrogen-bond acceptors (Lipinski definition) is 6. The number of amides is 3. The highest BCUT2D eigenvalue weighted by Crippen LogP contribution is 2.27. The molecule has 2 N–H and O–H groups in total. The number of nitrogens with one attached hydrogen (secondary N) is 2. The van der Waals surface area contributed by atoms with E-state index in [0.29, 0.717) is 22.9 Å². The topological polar surface area (TPSA) is 118 Å². The van der Waals surface area contributed by atoms with Crippen LogP contribution in [0.1, 0.15) is 67.2 Å². The van der Waals surface area contributed by atoms with Crippen molar-refractivity contribution in [3.05, 3.63) is 71.4 Å². The van der Waals surface area contributed by atoms with E-state index in [9.17, 15) is 14.4 Å². The van der Waals surface area contributed by atoms with Crippen LogP contribution in [0, 0.1) is 13.8 Å². The van der Waals surface area contributed by atoms with Crippen LogP contribution in [0.3, 0.4) is 0 Å². The van der Waals surface area contributed by atoms with Crippen molar-refractivity contribution in [2.24, 2.45) is 0 Å². The van der Waals surface area contributed by atoms with Crippen LogP contribution in [0.25, 0.3) is 0 Å². The average Bonchev–Trinajstić information content (AvgIpc) is 3.63. The van der Waals surface area contributed by atoms with Gasteiger partial charge in [-0.05, 0) is 44.4 Å². The van der Waals surface area contributed by atoms with Crippen LogP contribution >= 0.6 is 0 Å². The number of hydrogen-bond donors (Lipinski definition) is 2. The lowest BCUT2D eigenvalue weighted by Gasteiger charge is -2.32. The molecule has 1 atom stereocenters. The molecule has 1 aliphatic rings. The second kappa shape index (κ2) is 11.7. The number of nitrogens with zero attached hydrogens (tertiary/aromatic N) is 2. The van der Waals surface area contributed by atoms with Gasteiger partial charge >= 0.3 is 0 Å². The normalized spacial score (nSPS) is 14.4. The Morgan fingerprint density at radius 3 is 2.47 bits per heavy atom. The van der Waals surface area contributed by atoms with E-state index in [-0.39, 0.29) is 43.1 Å². The van der Waals surface area contributed by atoms with E-state index < -0.39 is 6.04 Å². The monoisotopic (exact) mass is 492 g/mol. The molecule has 2 heterocycles. The summed E-state index contributed by atoms with van der Waals surface area (Å²) in [6, 6.07) is 11.9. The van der Waals surface area contributed by atoms with Gasteiger partial charge in [0.05, 0.1) is 12.8 Å². The lowest BCUT2D eigenvalue weighted by Crippen LogP contribution is -2.46. The Morgan fingerprint density at radius 2 is 1.83 bits per heavy atom. The molecule has 0 spiro atoms. The Morgan fingerprint density at radius 1 is 1.08 bits per heavy atom. The number of benzene rings is 1. The van der Waals surface area contributed by atoms with E-state index in [1.165, 1.54) is 11.2 Å². The summed E-state index contributed by atoms with van der Waals surface area (Å²) in [6.07, 6.45) is 5.41. The lowest BCUT2D eigenvalue weighted by atomic mass is 10.0. The number of carbonyl (C=O) groups is 3. The van der Waals surface area contributed by atoms with Crippen LogP contribution in [0.4, 0.5) is 5.82 Å². The molecule has 9 nitrogen and oxygen atoms in total. The summed E-state index contributed by atoms with van der Waals surface area (Å²) in [4.78, 5) is 41.1. The Bertz CT molecular complexity index is 1160. The maximum absolute atomic E-state index is 13.6. The van der Waals surface area contributed by atoms with Crippen molar-refractivity contribution in [1.29, 1.82) is 0 Å². The predicted octanol–water partition coefficient (Wildman–Crippen LogP) is 4.43. The first-order chi connectivity index (χ1) is 17.4. The highest BCUT2D eigenvalue weighted by molar-refractivity contribution is 5.94. The number of carbonyl (C=O) groups excluding carboxylic acids is 3. The van der Waals surface area contributed by atoms with Crippen LogP contribution in [0.15, 0.2) is 57.7 Å². The summed E-state index contributed by atoms with van der Waals surface area (Å²) in [5.41, 5.74) is 1.76. The molecule has 9 heteroatoms. The van der Waals surface area contributed by atoms with E-state index >= 15 is 0 Å². The number of aromatic nitrogens is 1. The molecule has 1 aromatic carbocycles. The molecule has 0 saturated heterocycles. The van der Waals surface area contributed by atoms with Gasteiger partial charge in [-0.3, -0.25) is 14.4 Å². The minimum Gasteiger partial charge on any atom is -0.467 e. The average molecular weight is 493 g/mol. The van der Waals surface area contributed by atoms with E-state index in [0.717, 1.165) is 31.2 Å². The maximum atomic E-state index is 13.6. The van der Waals surface area contributed by atoms with Gasteiger partial charge in [0, 0.05) is 24.9 Å². The molecule has 3 aromatic rings. The van der Waals surface area contributed by atoms with Crippen LogP contribution < -0.4 is 10.6 Å². The van der Waals surface area contributed by atoms with Crippen molar-refractivity contribution in [3.63, 3.8) is 0 Å². The lowest BCUT2D eigenvalue weighted by molar-refractivity contribution is -0.142. The third kappa shape index (κ3) is 6.62. The molecule has 0 aliphatic heterocycles. The van der Waals surface area contributed by atoms with Gasteiger partial charge in [-0.1, -0.05) is 47.8 Å². The van der Waals surface area contributed by atoms with Gasteiger partial charge in [0.2, 0.25) is 17.7 Å². The highest BCUT2D eigenvalue weighted by atomic mass is 16.5. The van der Waals surface area contributed by atoms with Crippen molar-refractivity contribution in [1.82, 2.24) is 15.4 Å². The van der Waals surface area contributed by atoms with Crippen LogP contribution in [0.2, 0.25) is 0 Å². The van der Waals surface area contributed by atoms with Crippen molar-refractivity contribution in [2.45, 2.75) is 71.0 Å². The predicted molar refractivity (Wildman–Crippen MR) is 133 cm³/mol. The van der Waals surface area contributed by atoms with Crippen LogP contribution in [-0.4, -0.2) is 33.8 Å². The van der Waals surface area contributed by atoms with Gasteiger partial charge in [-0.15, -0.1) is 0 Å². The third-order valence-corrected chi connectivity index (χ3v) is 6.34. The molecule has 3 amide bonds. The highest BCUT2D eigenvalue weighted by Gasteiger charge is 2.33. The standard InChI is InChI=1S/C27H32N4O5/c1-18-9-11-20(12-10-18)26(27(34)28-21-6-3-4-7-21)31(17-22-8-5-15-35-22)25(33)14-13-24(32)29-23-16-19(2)36-30-23/h5,8-12,15-16,21,26H,3-4,6-7,13-14,17H2,1-2H3,(H,28,34)(H,29,30,32)/t26-/m0/s1. The first kappa shape index (κ1) is 25.2. The minimum absolute atomic E-state index is 0.0652. The zero-order valence-corrected chi connectivity index (χ0v) is 20.7. The van der Waals surface area contributed by atoms with Crippen molar-refractivity contribution in [3.8, 4) is 0 Å². The molecule has 190 valence electrons. The molecule has 2 aromatic heterocycles. The molecule has 36 heavy (non-hydrogen) atoms. The number of aryl methyl sites for hydroxylation is 2. The van der Waals surface area contributed by atoms with E-state index in [4.69, 9.17) is 8.94 Å². The van der Waals surface area contributed by atoms with Gasteiger partial charge in [0.15, 0.2) is 5.82 Å². The fourth-order valence-corrected chi connectivity index (χ4v) is 4.46. The van der Waals surface area contributed by atoms with Crippen molar-refractivity contribution in [2.75, 3.05) is 5.32 Å². The van der Waals surface area contributed by atoms with E-state index in [1.807, 2.05) is 31.2 Å². The summed E-state index contributed by atoms with van der Waals surface area (Å²) in [7, 11) is 0. The summed E-state index contributed by atoms with van der Waals surface area (Å²) >= 11 is 0. The smallest absolute Gasteiger partial charge is 0.247 e. The zero-order valence-electron chi connectivity index (χ0n) is 20.7. The van der Waals surface area contributed by atoms with Crippen molar-refractivity contribution < 1.29 is 23.3 Å². The molecule has 0 bridgehead atoms. The molecule has 1 saturated carbocycles. The molecule has 1 fully saturated rings. The van der Waals surface area contributed by atoms with E-state index in [1.54, 1.807) is 25.1 Å². The summed E-state index contributed by atoms with van der Waals surface area (Å²) in [5.74, 6) is 0.498. The number of furan rings is 1. The molecule has 1 aliphatic carbocycles. The largest absolute Gasteiger partial charge is 0.467 e. The fourth-order valence-electron chi connectivity index (χ4n) is 4.46. The Hall–Kier alpha value is -3.88. The Labute approximate surface area is 210 Å². The fraction of sp³-hybridized carbons (Fsp3) is 0.407. The van der Waals surface area contributed by atoms with Gasteiger partial charge in [-0.25, -0.2) is 0 Å². The number of anilines is 1. The van der Waals surface area contributed by atoms with Crippen LogP contribution in [0.5, 0.6) is 0 Å². The molecule has 0 radical (unpaired) electrons. The SMILES string of the molecule is Cc1ccc([C@@H](C(=O)NC2CCCC2)N(Cc2ccco2)C(=O)CCC(=O)Nc2cc(C)on2)cc1. The van der Waals surface area contributed by atoms with Gasteiger partial charge in [0.25, 0.3) is 0 Å². The van der Waals surface area contributed by atoms with Gasteiger partial charge in [-0.2, -0.15) is 0 Å². The van der Waals surface area contributed by atoms with Gasteiger partial charge in [0.1, 0.15) is 17.6 Å². The van der Waals surface area contributed by atoms with E-state index in [2.05, 4.69) is 15.8 Å². The summed E-state index contributed by atoms with van der Waals surface area (Å²) < 4.78 is 10.5. The zero-order chi connectivity index (χ0) is 25.5. The maximum Gasteiger partial charge on any atom is 0.247 e.